The molecule has 0 radical (unpaired) electrons. The van der Waals surface area contributed by atoms with Gasteiger partial charge in [-0.3, -0.25) is 5.43 Å². The second kappa shape index (κ2) is 6.69. The molecule has 3 heterocycles. The molecule has 5 rings (SSSR count). The molecule has 0 aromatic heterocycles. The molecule has 4 heteroatoms. The van der Waals surface area contributed by atoms with E-state index in [0.717, 1.165) is 19.7 Å². The third-order valence-corrected chi connectivity index (χ3v) is 6.24. The van der Waals surface area contributed by atoms with Crippen LogP contribution >= 0.6 is 0 Å². The molecular formula is C21H27N3O. The number of likely N-dealkylation sites (tertiary alicyclic amines) is 1. The van der Waals surface area contributed by atoms with E-state index in [-0.39, 0.29) is 0 Å². The molecule has 0 bridgehead atoms. The van der Waals surface area contributed by atoms with Gasteiger partial charge in [0, 0.05) is 31.7 Å². The molecule has 0 aliphatic carbocycles. The van der Waals surface area contributed by atoms with Crippen molar-refractivity contribution in [1.29, 1.82) is 0 Å². The lowest BCUT2D eigenvalue weighted by atomic mass is 9.83. The Labute approximate surface area is 149 Å². The molecule has 0 spiro atoms. The number of benzene rings is 2. The van der Waals surface area contributed by atoms with Gasteiger partial charge in [-0.25, -0.2) is 5.43 Å². The minimum Gasteiger partial charge on any atom is -0.377 e. The van der Waals surface area contributed by atoms with Crippen molar-refractivity contribution in [2.45, 2.75) is 37.5 Å². The summed E-state index contributed by atoms with van der Waals surface area (Å²) in [7, 11) is 0. The molecule has 4 nitrogen and oxygen atoms in total. The Morgan fingerprint density at radius 2 is 1.96 bits per heavy atom. The van der Waals surface area contributed by atoms with E-state index in [2.05, 4.69) is 58.2 Å². The van der Waals surface area contributed by atoms with E-state index in [1.807, 2.05) is 0 Å². The van der Waals surface area contributed by atoms with Gasteiger partial charge in [0.05, 0.1) is 12.1 Å². The van der Waals surface area contributed by atoms with Crippen LogP contribution in [0.4, 0.5) is 0 Å². The third kappa shape index (κ3) is 2.97. The Hall–Kier alpha value is -1.46. The molecule has 4 atom stereocenters. The fraction of sp³-hybridized carbons (Fsp3) is 0.524. The van der Waals surface area contributed by atoms with Crippen molar-refractivity contribution >= 4 is 10.8 Å². The molecule has 25 heavy (non-hydrogen) atoms. The molecule has 0 saturated carbocycles. The van der Waals surface area contributed by atoms with Gasteiger partial charge in [0.15, 0.2) is 0 Å². The molecular weight excluding hydrogens is 310 g/mol. The highest BCUT2D eigenvalue weighted by atomic mass is 16.5. The molecule has 0 amide bonds. The molecule has 3 aliphatic rings. The van der Waals surface area contributed by atoms with Crippen molar-refractivity contribution in [3.63, 3.8) is 0 Å². The Morgan fingerprint density at radius 1 is 1.04 bits per heavy atom. The first-order chi connectivity index (χ1) is 12.4. The molecule has 132 valence electrons. The van der Waals surface area contributed by atoms with Crippen molar-refractivity contribution in [1.82, 2.24) is 15.8 Å². The van der Waals surface area contributed by atoms with Crippen molar-refractivity contribution in [2.24, 2.45) is 5.92 Å². The summed E-state index contributed by atoms with van der Waals surface area (Å²) in [6.45, 7) is 4.38. The van der Waals surface area contributed by atoms with E-state index >= 15 is 0 Å². The van der Waals surface area contributed by atoms with Crippen LogP contribution in [-0.4, -0.2) is 43.3 Å². The highest BCUT2D eigenvalue weighted by Gasteiger charge is 2.41. The lowest BCUT2D eigenvalue weighted by molar-refractivity contribution is 0.0526. The lowest BCUT2D eigenvalue weighted by Gasteiger charge is -2.37. The quantitative estimate of drug-likeness (QED) is 0.903. The maximum atomic E-state index is 5.86. The van der Waals surface area contributed by atoms with E-state index in [1.165, 1.54) is 42.1 Å². The van der Waals surface area contributed by atoms with Gasteiger partial charge in [0.1, 0.15) is 0 Å². The monoisotopic (exact) mass is 337 g/mol. The summed E-state index contributed by atoms with van der Waals surface area (Å²) >= 11 is 0. The van der Waals surface area contributed by atoms with Gasteiger partial charge in [0.2, 0.25) is 0 Å². The Bertz CT molecular complexity index is 738. The van der Waals surface area contributed by atoms with Gasteiger partial charge in [-0.15, -0.1) is 0 Å². The van der Waals surface area contributed by atoms with Crippen molar-refractivity contribution in [3.8, 4) is 0 Å². The Kier molecular flexibility index (Phi) is 4.22. The van der Waals surface area contributed by atoms with Crippen molar-refractivity contribution in [2.75, 3.05) is 26.2 Å². The average molecular weight is 337 g/mol. The van der Waals surface area contributed by atoms with Crippen LogP contribution in [0.5, 0.6) is 0 Å². The predicted molar refractivity (Wildman–Crippen MR) is 100 cm³/mol. The van der Waals surface area contributed by atoms with Crippen LogP contribution in [0.15, 0.2) is 42.5 Å². The van der Waals surface area contributed by atoms with E-state index in [0.29, 0.717) is 24.1 Å². The average Bonchev–Trinajstić information content (AvgIpc) is 3.31. The maximum absolute atomic E-state index is 5.86. The van der Waals surface area contributed by atoms with Crippen molar-refractivity contribution in [3.05, 3.63) is 48.0 Å². The van der Waals surface area contributed by atoms with Crippen LogP contribution in [0.1, 0.15) is 30.9 Å². The predicted octanol–water partition coefficient (Wildman–Crippen LogP) is 2.86. The van der Waals surface area contributed by atoms with Crippen LogP contribution in [0.2, 0.25) is 0 Å². The summed E-state index contributed by atoms with van der Waals surface area (Å²) in [6.07, 6.45) is 4.13. The molecule has 2 N–H and O–H groups in total. The Morgan fingerprint density at radius 3 is 2.88 bits per heavy atom. The van der Waals surface area contributed by atoms with Gasteiger partial charge in [0.25, 0.3) is 0 Å². The fourth-order valence-corrected chi connectivity index (χ4v) is 4.95. The van der Waals surface area contributed by atoms with E-state index < -0.39 is 0 Å². The van der Waals surface area contributed by atoms with Crippen LogP contribution in [0, 0.1) is 5.92 Å². The second-order valence-electron chi connectivity index (χ2n) is 7.79. The van der Waals surface area contributed by atoms with Crippen LogP contribution in [0.25, 0.3) is 10.8 Å². The molecule has 3 aliphatic heterocycles. The zero-order chi connectivity index (χ0) is 16.6. The summed E-state index contributed by atoms with van der Waals surface area (Å²) in [4.78, 5) is 2.63. The topological polar surface area (TPSA) is 36.5 Å². The first kappa shape index (κ1) is 15.8. The number of ether oxygens (including phenoxy) is 1. The lowest BCUT2D eigenvalue weighted by Crippen LogP contribution is -2.47. The zero-order valence-corrected chi connectivity index (χ0v) is 14.7. The number of hydrogen-bond acceptors (Lipinski definition) is 4. The van der Waals surface area contributed by atoms with E-state index in [4.69, 9.17) is 4.74 Å². The van der Waals surface area contributed by atoms with Gasteiger partial charge >= 0.3 is 0 Å². The number of rotatable bonds is 3. The minimum atomic E-state index is 0.378. The number of fused-ring (bicyclic) bond motifs is 2. The van der Waals surface area contributed by atoms with Gasteiger partial charge < -0.3 is 9.64 Å². The summed E-state index contributed by atoms with van der Waals surface area (Å²) in [6, 6.07) is 16.4. The third-order valence-electron chi connectivity index (χ3n) is 6.24. The smallest absolute Gasteiger partial charge is 0.0702 e. The van der Waals surface area contributed by atoms with E-state index in [1.54, 1.807) is 0 Å². The molecule has 3 fully saturated rings. The minimum absolute atomic E-state index is 0.378. The highest BCUT2D eigenvalue weighted by molar-refractivity contribution is 5.86. The van der Waals surface area contributed by atoms with Crippen LogP contribution in [0.3, 0.4) is 0 Å². The first-order valence-corrected chi connectivity index (χ1v) is 9.71. The SMILES string of the molecule is c1ccc2c(C3NNC4CCN(CC5CCCO5)CC43)cccc2c1. The summed E-state index contributed by atoms with van der Waals surface area (Å²) in [5.41, 5.74) is 8.62. The molecule has 3 saturated heterocycles. The zero-order valence-electron chi connectivity index (χ0n) is 14.7. The van der Waals surface area contributed by atoms with Gasteiger partial charge in [-0.1, -0.05) is 42.5 Å². The standard InChI is InChI=1S/C21H27N3O/c1-2-8-17-15(5-1)6-3-9-18(17)21-19-14-24(11-10-20(19)22-23-21)13-16-7-4-12-25-16/h1-3,5-6,8-9,16,19-23H,4,7,10-14H2. The molecule has 4 unspecified atom stereocenters. The van der Waals surface area contributed by atoms with Gasteiger partial charge in [-0.05, 0) is 42.1 Å². The first-order valence-electron chi connectivity index (χ1n) is 9.71. The van der Waals surface area contributed by atoms with Crippen LogP contribution < -0.4 is 10.9 Å². The fourth-order valence-electron chi connectivity index (χ4n) is 4.95. The number of piperidine rings is 1. The summed E-state index contributed by atoms with van der Waals surface area (Å²) in [5.74, 6) is 0.612. The normalized spacial score (nSPS) is 33.0. The summed E-state index contributed by atoms with van der Waals surface area (Å²) < 4.78 is 5.86. The Balaban J connectivity index is 1.38. The second-order valence-corrected chi connectivity index (χ2v) is 7.79. The van der Waals surface area contributed by atoms with Crippen molar-refractivity contribution < 1.29 is 4.74 Å². The number of hydrazine groups is 1. The molecule has 2 aromatic rings. The number of hydrogen-bond donors (Lipinski definition) is 2. The maximum Gasteiger partial charge on any atom is 0.0702 e. The summed E-state index contributed by atoms with van der Waals surface area (Å²) in [5, 5.41) is 2.71. The van der Waals surface area contributed by atoms with E-state index in [9.17, 15) is 0 Å². The number of nitrogens with zero attached hydrogens (tertiary/aromatic N) is 1. The largest absolute Gasteiger partial charge is 0.377 e. The highest BCUT2D eigenvalue weighted by Crippen LogP contribution is 2.37. The van der Waals surface area contributed by atoms with Crippen LogP contribution in [-0.2, 0) is 4.74 Å². The molecule has 2 aromatic carbocycles. The number of nitrogens with one attached hydrogen (secondary N) is 2. The van der Waals surface area contributed by atoms with Gasteiger partial charge in [-0.2, -0.15) is 0 Å².